The van der Waals surface area contributed by atoms with E-state index in [-0.39, 0.29) is 18.0 Å². The molecule has 0 aromatic heterocycles. The number of piperidine rings is 1. The minimum Gasteiger partial charge on any atom is -0.337 e. The van der Waals surface area contributed by atoms with E-state index in [2.05, 4.69) is 38.3 Å². The van der Waals surface area contributed by atoms with Gasteiger partial charge in [0.1, 0.15) is 0 Å². The molecule has 0 atom stereocenters. The SMILES string of the molecule is CC(=O)Nc1ccc(CN2CCC(NC(=O)NCCNC3CCCCCC3)CC2)cc1. The number of nitrogens with one attached hydrogen (secondary N) is 4. The van der Waals surface area contributed by atoms with Crippen molar-refractivity contribution < 1.29 is 9.59 Å². The zero-order chi connectivity index (χ0) is 21.9. The van der Waals surface area contributed by atoms with Crippen molar-refractivity contribution in [2.45, 2.75) is 76.9 Å². The monoisotopic (exact) mass is 429 g/mol. The number of anilines is 1. The first-order chi connectivity index (χ1) is 15.1. The summed E-state index contributed by atoms with van der Waals surface area (Å²) in [4.78, 5) is 25.7. The number of carbonyl (C=O) groups excluding carboxylic acids is 2. The van der Waals surface area contributed by atoms with Gasteiger partial charge < -0.3 is 21.3 Å². The molecule has 1 aromatic carbocycles. The predicted octanol–water partition coefficient (Wildman–Crippen LogP) is 3.22. The topological polar surface area (TPSA) is 85.5 Å². The summed E-state index contributed by atoms with van der Waals surface area (Å²) < 4.78 is 0. The third-order valence-corrected chi connectivity index (χ3v) is 6.30. The van der Waals surface area contributed by atoms with Crippen molar-refractivity contribution in [3.8, 4) is 0 Å². The molecule has 0 bridgehead atoms. The second-order valence-electron chi connectivity index (χ2n) is 8.97. The van der Waals surface area contributed by atoms with Crippen molar-refractivity contribution in [3.63, 3.8) is 0 Å². The summed E-state index contributed by atoms with van der Waals surface area (Å²) in [6.07, 6.45) is 9.86. The zero-order valence-electron chi connectivity index (χ0n) is 18.9. The van der Waals surface area contributed by atoms with Crippen LogP contribution < -0.4 is 21.3 Å². The van der Waals surface area contributed by atoms with E-state index in [4.69, 9.17) is 0 Å². The Kier molecular flexibility index (Phi) is 9.62. The van der Waals surface area contributed by atoms with E-state index in [0.717, 1.165) is 44.7 Å². The Morgan fingerprint density at radius 3 is 2.23 bits per heavy atom. The molecule has 172 valence electrons. The van der Waals surface area contributed by atoms with Crippen molar-refractivity contribution in [1.29, 1.82) is 0 Å². The van der Waals surface area contributed by atoms with Gasteiger partial charge in [0.2, 0.25) is 5.91 Å². The van der Waals surface area contributed by atoms with Gasteiger partial charge in [-0.2, -0.15) is 0 Å². The van der Waals surface area contributed by atoms with Gasteiger partial charge in [0, 0.05) is 57.4 Å². The molecule has 7 heteroatoms. The summed E-state index contributed by atoms with van der Waals surface area (Å²) in [6, 6.07) is 8.83. The van der Waals surface area contributed by atoms with Crippen LogP contribution in [-0.4, -0.2) is 55.1 Å². The van der Waals surface area contributed by atoms with Crippen LogP contribution in [0.25, 0.3) is 0 Å². The predicted molar refractivity (Wildman–Crippen MR) is 125 cm³/mol. The van der Waals surface area contributed by atoms with E-state index >= 15 is 0 Å². The average Bonchev–Trinajstić information content (AvgIpc) is 3.03. The first-order valence-corrected chi connectivity index (χ1v) is 11.9. The number of hydrogen-bond acceptors (Lipinski definition) is 4. The molecule has 0 spiro atoms. The van der Waals surface area contributed by atoms with Crippen LogP contribution in [0.15, 0.2) is 24.3 Å². The smallest absolute Gasteiger partial charge is 0.315 e. The second kappa shape index (κ2) is 12.7. The molecule has 3 amide bonds. The number of nitrogens with zero attached hydrogens (tertiary/aromatic N) is 1. The van der Waals surface area contributed by atoms with Crippen LogP contribution in [0.2, 0.25) is 0 Å². The van der Waals surface area contributed by atoms with Crippen LogP contribution in [0, 0.1) is 0 Å². The highest BCUT2D eigenvalue weighted by molar-refractivity contribution is 5.88. The minimum atomic E-state index is -0.0535. The molecule has 1 aliphatic carbocycles. The van der Waals surface area contributed by atoms with Crippen molar-refractivity contribution in [2.24, 2.45) is 0 Å². The summed E-state index contributed by atoms with van der Waals surface area (Å²) >= 11 is 0. The summed E-state index contributed by atoms with van der Waals surface area (Å²) in [5.74, 6) is -0.0535. The Balaban J connectivity index is 1.27. The van der Waals surface area contributed by atoms with Gasteiger partial charge in [0.25, 0.3) is 0 Å². The Morgan fingerprint density at radius 2 is 1.58 bits per heavy atom. The molecule has 31 heavy (non-hydrogen) atoms. The molecular weight excluding hydrogens is 390 g/mol. The number of carbonyl (C=O) groups is 2. The molecule has 0 unspecified atom stereocenters. The molecule has 0 radical (unpaired) electrons. The van der Waals surface area contributed by atoms with Crippen LogP contribution in [0.3, 0.4) is 0 Å². The Morgan fingerprint density at radius 1 is 0.903 bits per heavy atom. The van der Waals surface area contributed by atoms with Gasteiger partial charge in [0.05, 0.1) is 0 Å². The van der Waals surface area contributed by atoms with Gasteiger partial charge in [-0.05, 0) is 43.4 Å². The van der Waals surface area contributed by atoms with E-state index in [1.165, 1.54) is 51.0 Å². The fourth-order valence-corrected chi connectivity index (χ4v) is 4.56. The van der Waals surface area contributed by atoms with E-state index in [0.29, 0.717) is 12.6 Å². The fourth-order valence-electron chi connectivity index (χ4n) is 4.56. The number of amides is 3. The summed E-state index contributed by atoms with van der Waals surface area (Å²) in [7, 11) is 0. The first kappa shape index (κ1) is 23.5. The number of likely N-dealkylation sites (tertiary alicyclic amines) is 1. The van der Waals surface area contributed by atoms with Gasteiger partial charge in [-0.25, -0.2) is 4.79 Å². The van der Waals surface area contributed by atoms with E-state index in [9.17, 15) is 9.59 Å². The molecule has 1 aromatic rings. The second-order valence-corrected chi connectivity index (χ2v) is 8.97. The van der Waals surface area contributed by atoms with Gasteiger partial charge in [-0.1, -0.05) is 37.8 Å². The summed E-state index contributed by atoms with van der Waals surface area (Å²) in [5, 5.41) is 12.5. The maximum Gasteiger partial charge on any atom is 0.315 e. The maximum absolute atomic E-state index is 12.2. The molecule has 2 fully saturated rings. The number of hydrogen-bond donors (Lipinski definition) is 4. The normalized spacial score (nSPS) is 18.9. The quantitative estimate of drug-likeness (QED) is 0.378. The lowest BCUT2D eigenvalue weighted by Crippen LogP contribution is -2.48. The van der Waals surface area contributed by atoms with Gasteiger partial charge in [-0.15, -0.1) is 0 Å². The lowest BCUT2D eigenvalue weighted by molar-refractivity contribution is -0.114. The average molecular weight is 430 g/mol. The van der Waals surface area contributed by atoms with E-state index in [1.807, 2.05) is 12.1 Å². The minimum absolute atomic E-state index is 0.0466. The molecule has 3 rings (SSSR count). The molecule has 1 saturated heterocycles. The summed E-state index contributed by atoms with van der Waals surface area (Å²) in [5.41, 5.74) is 2.06. The molecule has 1 heterocycles. The van der Waals surface area contributed by atoms with Crippen LogP contribution in [0.5, 0.6) is 0 Å². The highest BCUT2D eigenvalue weighted by Crippen LogP contribution is 2.17. The fraction of sp³-hybridized carbons (Fsp3) is 0.667. The Hall–Kier alpha value is -2.12. The highest BCUT2D eigenvalue weighted by atomic mass is 16.2. The number of urea groups is 1. The van der Waals surface area contributed by atoms with Gasteiger partial charge >= 0.3 is 6.03 Å². The van der Waals surface area contributed by atoms with E-state index < -0.39 is 0 Å². The molecule has 1 aliphatic heterocycles. The third-order valence-electron chi connectivity index (χ3n) is 6.30. The van der Waals surface area contributed by atoms with Crippen LogP contribution in [0.1, 0.15) is 63.9 Å². The van der Waals surface area contributed by atoms with Crippen LogP contribution in [0.4, 0.5) is 10.5 Å². The summed E-state index contributed by atoms with van der Waals surface area (Å²) in [6.45, 7) is 5.88. The largest absolute Gasteiger partial charge is 0.337 e. The molecule has 7 nitrogen and oxygen atoms in total. The van der Waals surface area contributed by atoms with Crippen molar-refractivity contribution >= 4 is 17.6 Å². The van der Waals surface area contributed by atoms with Crippen molar-refractivity contribution in [1.82, 2.24) is 20.9 Å². The number of benzene rings is 1. The zero-order valence-corrected chi connectivity index (χ0v) is 18.9. The molecule has 2 aliphatic rings. The Labute approximate surface area is 186 Å². The van der Waals surface area contributed by atoms with Gasteiger partial charge in [-0.3, -0.25) is 9.69 Å². The first-order valence-electron chi connectivity index (χ1n) is 11.9. The van der Waals surface area contributed by atoms with Crippen molar-refractivity contribution in [2.75, 3.05) is 31.5 Å². The van der Waals surface area contributed by atoms with Gasteiger partial charge in [0.15, 0.2) is 0 Å². The lowest BCUT2D eigenvalue weighted by Gasteiger charge is -2.32. The Bertz CT molecular complexity index is 678. The lowest BCUT2D eigenvalue weighted by atomic mass is 10.0. The van der Waals surface area contributed by atoms with Crippen LogP contribution in [-0.2, 0) is 11.3 Å². The maximum atomic E-state index is 12.2. The molecule has 1 saturated carbocycles. The third kappa shape index (κ3) is 8.87. The van der Waals surface area contributed by atoms with Crippen LogP contribution >= 0.6 is 0 Å². The number of rotatable bonds is 8. The molecule has 4 N–H and O–H groups in total. The van der Waals surface area contributed by atoms with Crippen molar-refractivity contribution in [3.05, 3.63) is 29.8 Å². The highest BCUT2D eigenvalue weighted by Gasteiger charge is 2.20. The molecular formula is C24H39N5O2. The standard InChI is InChI=1S/C24H39N5O2/c1-19(30)27-22-10-8-20(9-11-22)18-29-16-12-23(13-17-29)28-24(31)26-15-14-25-21-6-4-2-3-5-7-21/h8-11,21,23,25H,2-7,12-18H2,1H3,(H,27,30)(H2,26,28,31). The van der Waals surface area contributed by atoms with E-state index in [1.54, 1.807) is 0 Å².